The molecule has 0 spiro atoms. The quantitative estimate of drug-likeness (QED) is 0.143. The van der Waals surface area contributed by atoms with Gasteiger partial charge in [0.15, 0.2) is 0 Å². The maximum Gasteiger partial charge on any atom is 0.124 e. The van der Waals surface area contributed by atoms with Crippen molar-refractivity contribution in [1.82, 2.24) is 9.55 Å². The van der Waals surface area contributed by atoms with E-state index in [0.29, 0.717) is 0 Å². The van der Waals surface area contributed by atoms with Crippen LogP contribution in [0, 0.1) is 0 Å². The van der Waals surface area contributed by atoms with E-state index in [9.17, 15) is 0 Å². The Balaban J connectivity index is 1.06. The van der Waals surface area contributed by atoms with Crippen LogP contribution in [0.1, 0.15) is 0 Å². The number of fused-ring (bicyclic) bond motifs is 9. The summed E-state index contributed by atoms with van der Waals surface area (Å²) in [6.45, 7) is 0. The third kappa shape index (κ3) is 5.93. The van der Waals surface area contributed by atoms with Gasteiger partial charge in [0.25, 0.3) is 0 Å². The van der Waals surface area contributed by atoms with E-state index >= 15 is 0 Å². The SMILES string of the molecule is c1ccc(N(c2ccccc2)c2cccc(N(c3ccc(-c4nc5c6ccccc6c6ccccc6c5s4)cc3)c3cccc4c3c3ccccc3n4-c3ccccc3)c2)cc1. The topological polar surface area (TPSA) is 24.3 Å². The molecule has 0 aliphatic heterocycles. The molecule has 0 aliphatic carbocycles. The molecule has 2 heterocycles. The Morgan fingerprint density at radius 1 is 0.371 bits per heavy atom. The zero-order chi connectivity index (χ0) is 41.0. The van der Waals surface area contributed by atoms with E-state index in [-0.39, 0.29) is 0 Å². The first-order valence-electron chi connectivity index (χ1n) is 21.0. The van der Waals surface area contributed by atoms with Gasteiger partial charge in [-0.2, -0.15) is 0 Å². The summed E-state index contributed by atoms with van der Waals surface area (Å²) in [6, 6.07) is 82.6. The molecule has 0 fully saturated rings. The highest BCUT2D eigenvalue weighted by molar-refractivity contribution is 7.22. The molecule has 0 radical (unpaired) electrons. The highest BCUT2D eigenvalue weighted by Crippen LogP contribution is 2.47. The first-order chi connectivity index (χ1) is 30.8. The summed E-state index contributed by atoms with van der Waals surface area (Å²) >= 11 is 1.77. The van der Waals surface area contributed by atoms with Gasteiger partial charge in [0.05, 0.1) is 26.9 Å². The van der Waals surface area contributed by atoms with E-state index in [1.807, 2.05) is 0 Å². The number of hydrogen-bond donors (Lipinski definition) is 0. The Kier molecular flexibility index (Phi) is 8.65. The average Bonchev–Trinajstić information content (AvgIpc) is 3.95. The number of thiazole rings is 1. The summed E-state index contributed by atoms with van der Waals surface area (Å²) in [6.07, 6.45) is 0. The number of rotatable bonds is 8. The second-order valence-electron chi connectivity index (χ2n) is 15.6. The van der Waals surface area contributed by atoms with Crippen LogP contribution in [0.4, 0.5) is 34.1 Å². The minimum absolute atomic E-state index is 1.01. The molecule has 12 rings (SSSR count). The molecule has 0 atom stereocenters. The van der Waals surface area contributed by atoms with Crippen LogP contribution in [-0.2, 0) is 0 Å². The number of anilines is 6. The Labute approximate surface area is 363 Å². The van der Waals surface area contributed by atoms with Crippen molar-refractivity contribution >= 4 is 99.0 Å². The third-order valence-corrected chi connectivity index (χ3v) is 13.1. The van der Waals surface area contributed by atoms with E-state index < -0.39 is 0 Å². The van der Waals surface area contributed by atoms with E-state index in [1.54, 1.807) is 11.3 Å². The molecular formula is C57H38N4S. The molecule has 0 bridgehead atoms. The minimum atomic E-state index is 1.01. The maximum absolute atomic E-state index is 5.34. The number of nitrogens with zero attached hydrogens (tertiary/aromatic N) is 4. The van der Waals surface area contributed by atoms with Gasteiger partial charge in [-0.3, -0.25) is 0 Å². The van der Waals surface area contributed by atoms with Gasteiger partial charge in [-0.05, 0) is 108 Å². The fourth-order valence-electron chi connectivity index (χ4n) is 9.24. The van der Waals surface area contributed by atoms with E-state index in [2.05, 4.69) is 245 Å². The molecule has 62 heavy (non-hydrogen) atoms. The number of hydrogen-bond acceptors (Lipinski definition) is 4. The highest BCUT2D eigenvalue weighted by atomic mass is 32.1. The first kappa shape index (κ1) is 35.9. The van der Waals surface area contributed by atoms with Crippen LogP contribution in [0.2, 0.25) is 0 Å². The fourth-order valence-corrected chi connectivity index (χ4v) is 10.4. The highest BCUT2D eigenvalue weighted by Gasteiger charge is 2.23. The molecule has 12 aromatic rings. The van der Waals surface area contributed by atoms with Crippen LogP contribution >= 0.6 is 11.3 Å². The van der Waals surface area contributed by atoms with Crippen molar-refractivity contribution in [2.75, 3.05) is 9.80 Å². The molecule has 0 amide bonds. The van der Waals surface area contributed by atoms with Crippen molar-refractivity contribution in [3.05, 3.63) is 231 Å². The largest absolute Gasteiger partial charge is 0.310 e. The van der Waals surface area contributed by atoms with Crippen LogP contribution in [0.5, 0.6) is 0 Å². The normalized spacial score (nSPS) is 11.5. The molecule has 10 aromatic carbocycles. The second-order valence-corrected chi connectivity index (χ2v) is 16.6. The summed E-state index contributed by atoms with van der Waals surface area (Å²) in [7, 11) is 0. The van der Waals surface area contributed by atoms with E-state index in [1.165, 1.54) is 42.5 Å². The standard InChI is InChI=1S/C57H38N4S/c1-4-18-40(19-5-1)59(41-20-6-2-7-21-41)44-24-16-25-45(38-44)60(52-32-17-33-53-54(52)50-30-14-15-31-51(50)61(53)42-22-8-3-9-23-42)43-36-34-39(35-37-43)57-58-55-48-28-12-10-26-46(48)47-27-11-13-29-49(47)56(55)62-57/h1-38H. The average molecular weight is 811 g/mol. The molecule has 0 saturated heterocycles. The molecule has 0 aliphatic rings. The van der Waals surface area contributed by atoms with Gasteiger partial charge in [-0.15, -0.1) is 11.3 Å². The smallest absolute Gasteiger partial charge is 0.124 e. The number of aromatic nitrogens is 2. The van der Waals surface area contributed by atoms with Crippen molar-refractivity contribution in [2.45, 2.75) is 0 Å². The van der Waals surface area contributed by atoms with Crippen molar-refractivity contribution in [1.29, 1.82) is 0 Å². The van der Waals surface area contributed by atoms with Gasteiger partial charge < -0.3 is 14.4 Å². The van der Waals surface area contributed by atoms with Gasteiger partial charge >= 0.3 is 0 Å². The molecule has 4 nitrogen and oxygen atoms in total. The Morgan fingerprint density at radius 2 is 0.871 bits per heavy atom. The zero-order valence-corrected chi connectivity index (χ0v) is 34.5. The lowest BCUT2D eigenvalue weighted by Gasteiger charge is -2.30. The molecular weight excluding hydrogens is 773 g/mol. The van der Waals surface area contributed by atoms with Gasteiger partial charge in [-0.25, -0.2) is 4.98 Å². The van der Waals surface area contributed by atoms with Crippen molar-refractivity contribution in [3.63, 3.8) is 0 Å². The number of para-hydroxylation sites is 4. The minimum Gasteiger partial charge on any atom is -0.310 e. The first-order valence-corrected chi connectivity index (χ1v) is 21.8. The molecule has 5 heteroatoms. The van der Waals surface area contributed by atoms with Crippen LogP contribution in [0.25, 0.3) is 69.8 Å². The Morgan fingerprint density at radius 3 is 1.56 bits per heavy atom. The van der Waals surface area contributed by atoms with Gasteiger partial charge in [-0.1, -0.05) is 133 Å². The van der Waals surface area contributed by atoms with Crippen LogP contribution in [-0.4, -0.2) is 9.55 Å². The van der Waals surface area contributed by atoms with Gasteiger partial charge in [0, 0.05) is 61.2 Å². The van der Waals surface area contributed by atoms with Gasteiger partial charge in [0.1, 0.15) is 5.01 Å². The molecule has 0 unspecified atom stereocenters. The van der Waals surface area contributed by atoms with Crippen molar-refractivity contribution in [3.8, 4) is 16.3 Å². The lowest BCUT2D eigenvalue weighted by atomic mass is 10.0. The third-order valence-electron chi connectivity index (χ3n) is 11.9. The van der Waals surface area contributed by atoms with Crippen LogP contribution < -0.4 is 9.80 Å². The number of benzene rings is 10. The molecule has 0 N–H and O–H groups in total. The predicted molar refractivity (Wildman–Crippen MR) is 264 cm³/mol. The summed E-state index contributed by atoms with van der Waals surface area (Å²) in [5, 5.41) is 8.33. The summed E-state index contributed by atoms with van der Waals surface area (Å²) in [5.74, 6) is 0. The Bertz CT molecular complexity index is 3470. The van der Waals surface area contributed by atoms with E-state index in [4.69, 9.17) is 4.98 Å². The van der Waals surface area contributed by atoms with Crippen LogP contribution in [0.3, 0.4) is 0 Å². The Hall–Kier alpha value is -7.99. The van der Waals surface area contributed by atoms with Gasteiger partial charge in [0.2, 0.25) is 0 Å². The molecule has 2 aromatic heterocycles. The fraction of sp³-hybridized carbons (Fsp3) is 0. The van der Waals surface area contributed by atoms with Crippen molar-refractivity contribution in [2.24, 2.45) is 0 Å². The zero-order valence-electron chi connectivity index (χ0n) is 33.6. The predicted octanol–water partition coefficient (Wildman–Crippen LogP) is 16.3. The summed E-state index contributed by atoms with van der Waals surface area (Å²) < 4.78 is 3.61. The lowest BCUT2D eigenvalue weighted by Crippen LogP contribution is -2.13. The molecule has 292 valence electrons. The monoisotopic (exact) mass is 810 g/mol. The van der Waals surface area contributed by atoms with Crippen molar-refractivity contribution < 1.29 is 0 Å². The molecule has 0 saturated carbocycles. The van der Waals surface area contributed by atoms with E-state index in [0.717, 1.165) is 61.4 Å². The summed E-state index contributed by atoms with van der Waals surface area (Å²) in [5.41, 5.74) is 12.1. The second kappa shape index (κ2) is 14.9. The lowest BCUT2D eigenvalue weighted by molar-refractivity contribution is 1.18. The maximum atomic E-state index is 5.34. The summed E-state index contributed by atoms with van der Waals surface area (Å²) in [4.78, 5) is 10.1. The van der Waals surface area contributed by atoms with Crippen LogP contribution in [0.15, 0.2) is 231 Å².